The Labute approximate surface area is 85.9 Å². The Morgan fingerprint density at radius 3 is 2.60 bits per heavy atom. The highest BCUT2D eigenvalue weighted by Crippen LogP contribution is 2.24. The van der Waals surface area contributed by atoms with Crippen molar-refractivity contribution in [2.45, 2.75) is 0 Å². The van der Waals surface area contributed by atoms with Gasteiger partial charge in [0, 0.05) is 12.6 Å². The fourth-order valence-corrected chi connectivity index (χ4v) is 1.44. The Bertz CT molecular complexity index is 538. The first-order valence-corrected chi connectivity index (χ1v) is 4.43. The molecule has 2 rings (SSSR count). The third-order valence-electron chi connectivity index (χ3n) is 2.19. The Balaban J connectivity index is 2.69. The zero-order valence-electron chi connectivity index (χ0n) is 8.14. The van der Waals surface area contributed by atoms with Crippen LogP contribution in [0.25, 0.3) is 16.8 Å². The number of rotatable bonds is 2. The number of H-pyrrole nitrogens is 1. The molecule has 0 bridgehead atoms. The van der Waals surface area contributed by atoms with Gasteiger partial charge in [-0.15, -0.1) is 0 Å². The van der Waals surface area contributed by atoms with Gasteiger partial charge in [-0.05, 0) is 0 Å². The molecule has 0 aliphatic rings. The third kappa shape index (κ3) is 1.48. The highest BCUT2D eigenvalue weighted by Gasteiger charge is 2.10. The van der Waals surface area contributed by atoms with Crippen molar-refractivity contribution < 1.29 is 0 Å². The first kappa shape index (κ1) is 9.39. The van der Waals surface area contributed by atoms with Crippen molar-refractivity contribution in [3.8, 4) is 11.3 Å². The minimum absolute atomic E-state index is 0.0312. The molecule has 1 N–H and O–H groups in total. The molecule has 0 aliphatic heterocycles. The smallest absolute Gasteiger partial charge is 0.290 e. The quantitative estimate of drug-likeness (QED) is 0.742. The SMILES string of the molecule is Cn1[nH]c(-c2ccccc2)c(N=[N-])c1=O. The minimum atomic E-state index is -0.351. The van der Waals surface area contributed by atoms with Gasteiger partial charge in [-0.25, -0.2) is 0 Å². The predicted molar refractivity (Wildman–Crippen MR) is 56.9 cm³/mol. The van der Waals surface area contributed by atoms with Crippen molar-refractivity contribution in [3.05, 3.63) is 46.2 Å². The van der Waals surface area contributed by atoms with Crippen molar-refractivity contribution in [3.63, 3.8) is 0 Å². The molecule has 0 unspecified atom stereocenters. The number of nitrogens with zero attached hydrogens (tertiary/aromatic N) is 3. The van der Waals surface area contributed by atoms with Gasteiger partial charge in [-0.2, -0.15) is 0 Å². The third-order valence-corrected chi connectivity index (χ3v) is 2.19. The van der Waals surface area contributed by atoms with E-state index in [9.17, 15) is 4.79 Å². The molecule has 0 aliphatic carbocycles. The van der Waals surface area contributed by atoms with E-state index in [0.717, 1.165) is 5.56 Å². The molecule has 5 nitrogen and oxygen atoms in total. The van der Waals surface area contributed by atoms with Crippen LogP contribution in [0.5, 0.6) is 0 Å². The van der Waals surface area contributed by atoms with Crippen LogP contribution in [0.4, 0.5) is 5.69 Å². The Morgan fingerprint density at radius 2 is 2.00 bits per heavy atom. The summed E-state index contributed by atoms with van der Waals surface area (Å²) in [6.07, 6.45) is 0. The van der Waals surface area contributed by atoms with Gasteiger partial charge < -0.3 is 10.6 Å². The summed E-state index contributed by atoms with van der Waals surface area (Å²) in [6.45, 7) is 0. The summed E-state index contributed by atoms with van der Waals surface area (Å²) in [5.41, 5.74) is 9.77. The van der Waals surface area contributed by atoms with Crippen molar-refractivity contribution >= 4 is 5.69 Å². The maximum absolute atomic E-state index is 11.5. The molecule has 0 saturated heterocycles. The monoisotopic (exact) mass is 201 g/mol. The summed E-state index contributed by atoms with van der Waals surface area (Å²) >= 11 is 0. The lowest BCUT2D eigenvalue weighted by molar-refractivity contribution is 0.743. The second kappa shape index (κ2) is 3.53. The number of aryl methyl sites for hydroxylation is 1. The van der Waals surface area contributed by atoms with E-state index in [0.29, 0.717) is 5.69 Å². The maximum atomic E-state index is 11.5. The summed E-state index contributed by atoms with van der Waals surface area (Å²) in [7, 11) is 1.57. The average molecular weight is 201 g/mol. The first-order valence-electron chi connectivity index (χ1n) is 4.43. The van der Waals surface area contributed by atoms with Crippen LogP contribution in [0.2, 0.25) is 0 Å². The second-order valence-electron chi connectivity index (χ2n) is 3.17. The van der Waals surface area contributed by atoms with E-state index in [4.69, 9.17) is 5.53 Å². The van der Waals surface area contributed by atoms with Crippen LogP contribution in [-0.2, 0) is 7.05 Å². The zero-order valence-corrected chi connectivity index (χ0v) is 8.14. The molecule has 0 amide bonds. The van der Waals surface area contributed by atoms with Crippen molar-refractivity contribution in [1.29, 1.82) is 0 Å². The standard InChI is InChI=1S/C10H9N4O/c1-14-10(15)9(12-11)8(13-14)7-5-3-2-4-6-7/h2-6,13H,1H3/q-1. The normalized spacial score (nSPS) is 10.2. The molecule has 1 heterocycles. The molecule has 0 radical (unpaired) electrons. The van der Waals surface area contributed by atoms with Crippen LogP contribution < -0.4 is 5.56 Å². The van der Waals surface area contributed by atoms with E-state index in [1.165, 1.54) is 4.68 Å². The van der Waals surface area contributed by atoms with Crippen LogP contribution in [0.3, 0.4) is 0 Å². The predicted octanol–water partition coefficient (Wildman–Crippen LogP) is 2.03. The fraction of sp³-hybridized carbons (Fsp3) is 0.100. The lowest BCUT2D eigenvalue weighted by atomic mass is 10.1. The van der Waals surface area contributed by atoms with Gasteiger partial charge >= 0.3 is 0 Å². The van der Waals surface area contributed by atoms with Gasteiger partial charge in [0.15, 0.2) is 0 Å². The molecular formula is C10H9N4O-. The molecule has 0 spiro atoms. The Kier molecular flexibility index (Phi) is 2.21. The average Bonchev–Trinajstić information content (AvgIpc) is 2.56. The highest BCUT2D eigenvalue weighted by atomic mass is 16.1. The molecule has 0 saturated carbocycles. The summed E-state index contributed by atoms with van der Waals surface area (Å²) in [5, 5.41) is 5.83. The molecule has 1 aromatic carbocycles. The molecule has 15 heavy (non-hydrogen) atoms. The van der Waals surface area contributed by atoms with E-state index in [1.54, 1.807) is 7.05 Å². The van der Waals surface area contributed by atoms with Crippen LogP contribution in [0.1, 0.15) is 0 Å². The summed E-state index contributed by atoms with van der Waals surface area (Å²) < 4.78 is 1.28. The van der Waals surface area contributed by atoms with E-state index >= 15 is 0 Å². The fourth-order valence-electron chi connectivity index (χ4n) is 1.44. The number of benzene rings is 1. The number of hydrogen-bond acceptors (Lipinski definition) is 2. The van der Waals surface area contributed by atoms with Gasteiger partial charge in [-0.1, -0.05) is 30.3 Å². The Hall–Kier alpha value is -2.17. The topological polar surface area (TPSA) is 72.4 Å². The maximum Gasteiger partial charge on any atom is 0.290 e. The van der Waals surface area contributed by atoms with Crippen LogP contribution >= 0.6 is 0 Å². The van der Waals surface area contributed by atoms with E-state index in [2.05, 4.69) is 10.2 Å². The van der Waals surface area contributed by atoms with Crippen LogP contribution in [0.15, 0.2) is 40.2 Å². The van der Waals surface area contributed by atoms with Gasteiger partial charge in [0.2, 0.25) is 0 Å². The van der Waals surface area contributed by atoms with E-state index in [1.807, 2.05) is 30.3 Å². The minimum Gasteiger partial charge on any atom is -0.706 e. The molecule has 1 aromatic heterocycles. The molecular weight excluding hydrogens is 192 g/mol. The van der Waals surface area contributed by atoms with Gasteiger partial charge in [0.1, 0.15) is 5.69 Å². The summed E-state index contributed by atoms with van der Waals surface area (Å²) in [4.78, 5) is 11.5. The molecule has 0 fully saturated rings. The zero-order chi connectivity index (χ0) is 10.8. The second-order valence-corrected chi connectivity index (χ2v) is 3.17. The molecule has 76 valence electrons. The van der Waals surface area contributed by atoms with Gasteiger partial charge in [0.05, 0.1) is 5.69 Å². The lowest BCUT2D eigenvalue weighted by Gasteiger charge is -1.99. The van der Waals surface area contributed by atoms with E-state index < -0.39 is 0 Å². The number of aromatic nitrogens is 2. The summed E-state index contributed by atoms with van der Waals surface area (Å²) in [6, 6.07) is 9.24. The molecule has 2 aromatic rings. The first-order chi connectivity index (χ1) is 7.24. The van der Waals surface area contributed by atoms with Crippen LogP contribution in [0, 0.1) is 0 Å². The number of hydrogen-bond donors (Lipinski definition) is 1. The van der Waals surface area contributed by atoms with Gasteiger partial charge in [-0.3, -0.25) is 14.6 Å². The van der Waals surface area contributed by atoms with E-state index in [-0.39, 0.29) is 11.2 Å². The summed E-state index contributed by atoms with van der Waals surface area (Å²) in [5.74, 6) is 0. The molecule has 0 atom stereocenters. The van der Waals surface area contributed by atoms with Crippen LogP contribution in [-0.4, -0.2) is 9.78 Å². The Morgan fingerprint density at radius 1 is 1.33 bits per heavy atom. The number of aromatic amines is 1. The highest BCUT2D eigenvalue weighted by molar-refractivity contribution is 5.71. The molecule has 5 heteroatoms. The number of nitrogens with one attached hydrogen (secondary N) is 1. The van der Waals surface area contributed by atoms with Gasteiger partial charge in [0.25, 0.3) is 5.56 Å². The van der Waals surface area contributed by atoms with Crippen molar-refractivity contribution in [2.24, 2.45) is 12.2 Å². The largest absolute Gasteiger partial charge is 0.706 e. The lowest BCUT2D eigenvalue weighted by Crippen LogP contribution is -2.10. The van der Waals surface area contributed by atoms with Crippen molar-refractivity contribution in [2.75, 3.05) is 0 Å². The van der Waals surface area contributed by atoms with Crippen molar-refractivity contribution in [1.82, 2.24) is 9.78 Å².